The van der Waals surface area contributed by atoms with Gasteiger partial charge >= 0.3 is 0 Å². The van der Waals surface area contributed by atoms with Gasteiger partial charge in [-0.05, 0) is 40.5 Å². The first-order valence-corrected chi connectivity index (χ1v) is 5.52. The molecule has 0 aromatic heterocycles. The lowest BCUT2D eigenvalue weighted by Crippen LogP contribution is -2.16. The maximum atomic E-state index is 13.5. The molecule has 0 bridgehead atoms. The van der Waals surface area contributed by atoms with Gasteiger partial charge in [0.2, 0.25) is 0 Å². The van der Waals surface area contributed by atoms with Crippen LogP contribution in [-0.4, -0.2) is 12.3 Å². The molecule has 0 aliphatic rings. The van der Waals surface area contributed by atoms with Gasteiger partial charge in [0.05, 0.1) is 10.0 Å². The van der Waals surface area contributed by atoms with E-state index in [-0.39, 0.29) is 23.7 Å². The maximum Gasteiger partial charge on any atom is 0.166 e. The molecule has 0 aliphatic carbocycles. The molecule has 1 rings (SSSR count). The Kier molecular flexibility index (Phi) is 4.42. The van der Waals surface area contributed by atoms with Gasteiger partial charge in [0.15, 0.2) is 5.78 Å². The molecule has 0 fully saturated rings. The van der Waals surface area contributed by atoms with Gasteiger partial charge < -0.3 is 5.73 Å². The normalized spacial score (nSPS) is 12.5. The zero-order chi connectivity index (χ0) is 11.4. The van der Waals surface area contributed by atoms with Crippen molar-refractivity contribution in [3.63, 3.8) is 0 Å². The van der Waals surface area contributed by atoms with E-state index in [0.29, 0.717) is 11.0 Å². The molecular weight excluding hydrogens is 261 g/mol. The minimum atomic E-state index is -0.494. The molecule has 1 atom stereocenters. The Bertz CT molecular complexity index is 368. The summed E-state index contributed by atoms with van der Waals surface area (Å²) >= 11 is 3.05. The maximum absolute atomic E-state index is 13.5. The minimum Gasteiger partial charge on any atom is -0.330 e. The number of ketones is 1. The molecule has 0 heterocycles. The smallest absolute Gasteiger partial charge is 0.166 e. The lowest BCUT2D eigenvalue weighted by molar-refractivity contribution is 0.0962. The van der Waals surface area contributed by atoms with Crippen LogP contribution in [0.25, 0.3) is 0 Å². The summed E-state index contributed by atoms with van der Waals surface area (Å²) in [6.45, 7) is 2.30. The van der Waals surface area contributed by atoms with Crippen LogP contribution in [0, 0.1) is 11.7 Å². The van der Waals surface area contributed by atoms with Crippen molar-refractivity contribution < 1.29 is 9.18 Å². The van der Waals surface area contributed by atoms with Gasteiger partial charge in [-0.15, -0.1) is 0 Å². The van der Waals surface area contributed by atoms with Crippen LogP contribution < -0.4 is 5.73 Å². The molecule has 0 amide bonds. The zero-order valence-electron chi connectivity index (χ0n) is 8.47. The van der Waals surface area contributed by atoms with Gasteiger partial charge in [0.1, 0.15) is 5.82 Å². The van der Waals surface area contributed by atoms with E-state index in [1.807, 2.05) is 6.92 Å². The Morgan fingerprint density at radius 2 is 2.27 bits per heavy atom. The van der Waals surface area contributed by atoms with E-state index in [9.17, 15) is 9.18 Å². The van der Waals surface area contributed by atoms with Crippen molar-refractivity contribution in [3.05, 3.63) is 34.1 Å². The highest BCUT2D eigenvalue weighted by atomic mass is 79.9. The Hall–Kier alpha value is -0.740. The largest absolute Gasteiger partial charge is 0.330 e. The number of hydrogen-bond acceptors (Lipinski definition) is 2. The third-order valence-electron chi connectivity index (χ3n) is 2.19. The van der Waals surface area contributed by atoms with Gasteiger partial charge in [-0.1, -0.05) is 13.0 Å². The first-order chi connectivity index (χ1) is 7.06. The highest BCUT2D eigenvalue weighted by Crippen LogP contribution is 2.20. The SMILES string of the molecule is CC(CN)CC(=O)c1cccc(Br)c1F. The van der Waals surface area contributed by atoms with Gasteiger partial charge in [-0.2, -0.15) is 0 Å². The minimum absolute atomic E-state index is 0.0795. The lowest BCUT2D eigenvalue weighted by atomic mass is 10.00. The number of halogens is 2. The van der Waals surface area contributed by atoms with Gasteiger partial charge in [0.25, 0.3) is 0 Å². The van der Waals surface area contributed by atoms with Crippen LogP contribution in [0.5, 0.6) is 0 Å². The Morgan fingerprint density at radius 1 is 1.60 bits per heavy atom. The fourth-order valence-electron chi connectivity index (χ4n) is 1.23. The number of rotatable bonds is 4. The summed E-state index contributed by atoms with van der Waals surface area (Å²) in [5.41, 5.74) is 5.54. The van der Waals surface area contributed by atoms with Crippen LogP contribution in [0.15, 0.2) is 22.7 Å². The monoisotopic (exact) mass is 273 g/mol. The third-order valence-corrected chi connectivity index (χ3v) is 2.80. The molecule has 0 aliphatic heterocycles. The number of carbonyl (C=O) groups excluding carboxylic acids is 1. The molecule has 1 aromatic carbocycles. The molecule has 0 radical (unpaired) electrons. The number of nitrogens with two attached hydrogens (primary N) is 1. The molecule has 82 valence electrons. The summed E-state index contributed by atoms with van der Waals surface area (Å²) in [6, 6.07) is 4.71. The molecular formula is C11H13BrFNO. The van der Waals surface area contributed by atoms with Crippen molar-refractivity contribution in [3.8, 4) is 0 Å². The Morgan fingerprint density at radius 3 is 2.87 bits per heavy atom. The highest BCUT2D eigenvalue weighted by Gasteiger charge is 2.15. The summed E-state index contributed by atoms with van der Waals surface area (Å²) in [4.78, 5) is 11.7. The predicted molar refractivity (Wildman–Crippen MR) is 61.3 cm³/mol. The van der Waals surface area contributed by atoms with Crippen molar-refractivity contribution in [2.75, 3.05) is 6.54 Å². The fraction of sp³-hybridized carbons (Fsp3) is 0.364. The van der Waals surface area contributed by atoms with Crippen molar-refractivity contribution >= 4 is 21.7 Å². The zero-order valence-corrected chi connectivity index (χ0v) is 10.1. The van der Waals surface area contributed by atoms with E-state index in [1.165, 1.54) is 6.07 Å². The van der Waals surface area contributed by atoms with Crippen LogP contribution in [0.2, 0.25) is 0 Å². The quantitative estimate of drug-likeness (QED) is 0.858. The Labute approximate surface area is 96.8 Å². The average molecular weight is 274 g/mol. The van der Waals surface area contributed by atoms with E-state index >= 15 is 0 Å². The summed E-state index contributed by atoms with van der Waals surface area (Å²) in [5.74, 6) is -0.616. The van der Waals surface area contributed by atoms with Gasteiger partial charge in [0, 0.05) is 6.42 Å². The van der Waals surface area contributed by atoms with E-state index in [2.05, 4.69) is 15.9 Å². The van der Waals surface area contributed by atoms with Crippen molar-refractivity contribution in [2.24, 2.45) is 11.7 Å². The Balaban J connectivity index is 2.87. The number of carbonyl (C=O) groups is 1. The third kappa shape index (κ3) is 3.11. The number of hydrogen-bond donors (Lipinski definition) is 1. The average Bonchev–Trinajstić information content (AvgIpc) is 2.21. The van der Waals surface area contributed by atoms with Gasteiger partial charge in [-0.3, -0.25) is 4.79 Å². The second-order valence-corrected chi connectivity index (χ2v) is 4.42. The predicted octanol–water partition coefficient (Wildman–Crippen LogP) is 2.76. The molecule has 0 saturated heterocycles. The van der Waals surface area contributed by atoms with E-state index in [1.54, 1.807) is 12.1 Å². The number of Topliss-reactive ketones (excluding diaryl/α,β-unsaturated/α-hetero) is 1. The molecule has 4 heteroatoms. The van der Waals surface area contributed by atoms with Crippen LogP contribution in [0.1, 0.15) is 23.7 Å². The lowest BCUT2D eigenvalue weighted by Gasteiger charge is -2.08. The van der Waals surface area contributed by atoms with E-state index in [0.717, 1.165) is 0 Å². The first-order valence-electron chi connectivity index (χ1n) is 4.73. The molecule has 1 aromatic rings. The van der Waals surface area contributed by atoms with E-state index in [4.69, 9.17) is 5.73 Å². The topological polar surface area (TPSA) is 43.1 Å². The molecule has 0 spiro atoms. The standard InChI is InChI=1S/C11H13BrFNO/c1-7(6-14)5-10(15)8-3-2-4-9(12)11(8)13/h2-4,7H,5-6,14H2,1H3. The molecule has 2 N–H and O–H groups in total. The molecule has 15 heavy (non-hydrogen) atoms. The van der Waals surface area contributed by atoms with Gasteiger partial charge in [-0.25, -0.2) is 4.39 Å². The first kappa shape index (κ1) is 12.3. The van der Waals surface area contributed by atoms with Crippen molar-refractivity contribution in [2.45, 2.75) is 13.3 Å². The molecule has 0 saturated carbocycles. The van der Waals surface area contributed by atoms with Crippen LogP contribution >= 0.6 is 15.9 Å². The second kappa shape index (κ2) is 5.37. The fourth-order valence-corrected chi connectivity index (χ4v) is 1.60. The summed E-state index contributed by atoms with van der Waals surface area (Å²) < 4.78 is 13.8. The van der Waals surface area contributed by atoms with Crippen molar-refractivity contribution in [1.29, 1.82) is 0 Å². The molecule has 2 nitrogen and oxygen atoms in total. The highest BCUT2D eigenvalue weighted by molar-refractivity contribution is 9.10. The summed E-state index contributed by atoms with van der Waals surface area (Å²) in [7, 11) is 0. The number of benzene rings is 1. The summed E-state index contributed by atoms with van der Waals surface area (Å²) in [5, 5.41) is 0. The van der Waals surface area contributed by atoms with Crippen LogP contribution in [0.4, 0.5) is 4.39 Å². The van der Waals surface area contributed by atoms with E-state index < -0.39 is 5.82 Å². The van der Waals surface area contributed by atoms with Crippen molar-refractivity contribution in [1.82, 2.24) is 0 Å². The van der Waals surface area contributed by atoms with Crippen LogP contribution in [0.3, 0.4) is 0 Å². The molecule has 1 unspecified atom stereocenters. The second-order valence-electron chi connectivity index (χ2n) is 3.57. The summed E-state index contributed by atoms with van der Waals surface area (Å²) in [6.07, 6.45) is 0.282. The van der Waals surface area contributed by atoms with Crippen LogP contribution in [-0.2, 0) is 0 Å².